The maximum absolute atomic E-state index is 11.4. The Labute approximate surface area is 137 Å². The first-order chi connectivity index (χ1) is 10.5. The van der Waals surface area contributed by atoms with Gasteiger partial charge in [0.05, 0.1) is 6.61 Å². The van der Waals surface area contributed by atoms with Gasteiger partial charge in [-0.2, -0.15) is 9.67 Å². The lowest BCUT2D eigenvalue weighted by Gasteiger charge is -2.08. The molecule has 1 heterocycles. The van der Waals surface area contributed by atoms with E-state index in [1.807, 2.05) is 0 Å². The average molecular weight is 340 g/mol. The molecule has 116 valence electrons. The van der Waals surface area contributed by atoms with Crippen LogP contribution in [0.5, 0.6) is 0 Å². The summed E-state index contributed by atoms with van der Waals surface area (Å²) in [6.45, 7) is 2.02. The molecule has 0 aliphatic heterocycles. The van der Waals surface area contributed by atoms with Crippen LogP contribution in [0.2, 0.25) is 5.02 Å². The maximum Gasteiger partial charge on any atom is 0.313 e. The third-order valence-corrected chi connectivity index (χ3v) is 3.10. The Morgan fingerprint density at radius 1 is 1.45 bits per heavy atom. The van der Waals surface area contributed by atoms with Gasteiger partial charge in [0.15, 0.2) is 5.82 Å². The first-order valence-corrected chi connectivity index (χ1v) is 7.22. The molecule has 1 aromatic carbocycles. The number of anilines is 2. The van der Waals surface area contributed by atoms with Gasteiger partial charge in [0.2, 0.25) is 11.1 Å². The average Bonchev–Trinajstić information content (AvgIpc) is 2.82. The highest BCUT2D eigenvalue weighted by Gasteiger charge is 2.14. The molecule has 22 heavy (non-hydrogen) atoms. The fourth-order valence-electron chi connectivity index (χ4n) is 1.64. The van der Waals surface area contributed by atoms with Crippen LogP contribution in [0.1, 0.15) is 12.7 Å². The first kappa shape index (κ1) is 16.2. The van der Waals surface area contributed by atoms with Crippen LogP contribution in [0.4, 0.5) is 11.6 Å². The fraction of sp³-hybridized carbons (Fsp3) is 0.231. The third-order valence-electron chi connectivity index (χ3n) is 2.57. The topological polar surface area (TPSA) is 95.1 Å². The van der Waals surface area contributed by atoms with Gasteiger partial charge < -0.3 is 15.8 Å². The van der Waals surface area contributed by atoms with E-state index in [0.29, 0.717) is 11.6 Å². The smallest absolute Gasteiger partial charge is 0.313 e. The van der Waals surface area contributed by atoms with Crippen LogP contribution in [0.3, 0.4) is 0 Å². The molecule has 0 fully saturated rings. The summed E-state index contributed by atoms with van der Waals surface area (Å²) >= 11 is 11.0. The summed E-state index contributed by atoms with van der Waals surface area (Å²) in [5, 5.41) is 7.91. The van der Waals surface area contributed by atoms with Crippen molar-refractivity contribution in [3.8, 4) is 0 Å². The van der Waals surface area contributed by atoms with Gasteiger partial charge in [-0.1, -0.05) is 11.6 Å². The Hall–Kier alpha value is -2.19. The Kier molecular flexibility index (Phi) is 5.29. The van der Waals surface area contributed by atoms with Crippen molar-refractivity contribution in [2.45, 2.75) is 13.3 Å². The second-order valence-electron chi connectivity index (χ2n) is 4.22. The quantitative estimate of drug-likeness (QED) is 0.648. The lowest BCUT2D eigenvalue weighted by Crippen LogP contribution is -2.22. The van der Waals surface area contributed by atoms with E-state index in [1.54, 1.807) is 31.2 Å². The van der Waals surface area contributed by atoms with Crippen molar-refractivity contribution >= 4 is 46.5 Å². The number of esters is 1. The highest BCUT2D eigenvalue weighted by Crippen LogP contribution is 2.14. The van der Waals surface area contributed by atoms with Crippen molar-refractivity contribution in [1.29, 1.82) is 0 Å². The summed E-state index contributed by atoms with van der Waals surface area (Å²) in [6.07, 6.45) is -0.0609. The minimum atomic E-state index is -0.420. The van der Waals surface area contributed by atoms with Gasteiger partial charge in [0.25, 0.3) is 0 Å². The lowest BCUT2D eigenvalue weighted by atomic mass is 10.3. The number of nitrogen functional groups attached to an aromatic ring is 1. The van der Waals surface area contributed by atoms with E-state index in [9.17, 15) is 4.79 Å². The number of thiocarbonyl (C=S) groups is 1. The van der Waals surface area contributed by atoms with Crippen LogP contribution in [0.25, 0.3) is 0 Å². The zero-order valence-electron chi connectivity index (χ0n) is 11.7. The molecule has 0 aliphatic carbocycles. The highest BCUT2D eigenvalue weighted by atomic mass is 35.5. The molecule has 3 N–H and O–H groups in total. The Morgan fingerprint density at radius 2 is 2.14 bits per heavy atom. The summed E-state index contributed by atoms with van der Waals surface area (Å²) in [5.74, 6) is -0.0850. The van der Waals surface area contributed by atoms with Crippen LogP contribution in [-0.2, 0) is 16.0 Å². The predicted molar refractivity (Wildman–Crippen MR) is 87.8 cm³/mol. The van der Waals surface area contributed by atoms with Crippen LogP contribution >= 0.6 is 23.8 Å². The minimum Gasteiger partial charge on any atom is -0.466 e. The zero-order valence-corrected chi connectivity index (χ0v) is 13.3. The van der Waals surface area contributed by atoms with E-state index in [-0.39, 0.29) is 23.3 Å². The molecular formula is C13H14ClN5O2S. The number of carbonyl (C=O) groups is 1. The lowest BCUT2D eigenvalue weighted by molar-refractivity contribution is -0.142. The summed E-state index contributed by atoms with van der Waals surface area (Å²) in [6, 6.07) is 6.98. The summed E-state index contributed by atoms with van der Waals surface area (Å²) in [5.41, 5.74) is 6.49. The third kappa shape index (κ3) is 4.15. The van der Waals surface area contributed by atoms with Gasteiger partial charge >= 0.3 is 5.97 Å². The second kappa shape index (κ2) is 7.19. The number of nitrogens with zero attached hydrogens (tertiary/aromatic N) is 3. The molecule has 0 spiro atoms. The van der Waals surface area contributed by atoms with Crippen LogP contribution in [-0.4, -0.2) is 32.5 Å². The van der Waals surface area contributed by atoms with Gasteiger partial charge in [-0.3, -0.25) is 4.79 Å². The summed E-state index contributed by atoms with van der Waals surface area (Å²) in [4.78, 5) is 15.4. The number of rotatable bonds is 4. The molecular weight excluding hydrogens is 326 g/mol. The molecule has 0 amide bonds. The van der Waals surface area contributed by atoms with E-state index in [0.717, 1.165) is 5.69 Å². The molecule has 2 rings (SSSR count). The van der Waals surface area contributed by atoms with Crippen molar-refractivity contribution in [1.82, 2.24) is 14.8 Å². The molecule has 0 radical (unpaired) electrons. The number of aromatic nitrogens is 3. The van der Waals surface area contributed by atoms with E-state index in [2.05, 4.69) is 15.4 Å². The van der Waals surface area contributed by atoms with Crippen molar-refractivity contribution in [3.63, 3.8) is 0 Å². The largest absolute Gasteiger partial charge is 0.466 e. The minimum absolute atomic E-state index is 0.0609. The Balaban J connectivity index is 2.08. The van der Waals surface area contributed by atoms with E-state index in [1.165, 1.54) is 4.68 Å². The number of ether oxygens (including phenoxy) is 1. The van der Waals surface area contributed by atoms with Gasteiger partial charge in [-0.25, -0.2) is 0 Å². The number of carbonyl (C=O) groups excluding carboxylic acids is 1. The molecule has 0 bridgehead atoms. The van der Waals surface area contributed by atoms with Gasteiger partial charge in [-0.05, 0) is 43.4 Å². The molecule has 0 saturated carbocycles. The monoisotopic (exact) mass is 339 g/mol. The van der Waals surface area contributed by atoms with Crippen molar-refractivity contribution < 1.29 is 9.53 Å². The number of benzene rings is 1. The summed E-state index contributed by atoms with van der Waals surface area (Å²) in [7, 11) is 0. The van der Waals surface area contributed by atoms with E-state index >= 15 is 0 Å². The Morgan fingerprint density at radius 3 is 2.77 bits per heavy atom. The van der Waals surface area contributed by atoms with Crippen molar-refractivity contribution in [3.05, 3.63) is 35.1 Å². The molecule has 0 atom stereocenters. The second-order valence-corrected chi connectivity index (χ2v) is 5.04. The highest BCUT2D eigenvalue weighted by molar-refractivity contribution is 7.80. The number of nitrogens with two attached hydrogens (primary N) is 1. The molecule has 0 unspecified atom stereocenters. The first-order valence-electron chi connectivity index (χ1n) is 6.43. The maximum atomic E-state index is 11.4. The molecule has 1 aromatic heterocycles. The number of hydrogen-bond acceptors (Lipinski definition) is 6. The van der Waals surface area contributed by atoms with E-state index in [4.69, 9.17) is 34.3 Å². The molecule has 0 aliphatic rings. The van der Waals surface area contributed by atoms with Crippen LogP contribution in [0, 0.1) is 0 Å². The van der Waals surface area contributed by atoms with E-state index < -0.39 is 5.97 Å². The summed E-state index contributed by atoms with van der Waals surface area (Å²) < 4.78 is 6.08. The SMILES string of the molecule is CCOC(=O)Cc1nc(N)n(C(=S)Nc2ccc(Cl)cc2)n1. The molecule has 0 saturated heterocycles. The predicted octanol–water partition coefficient (Wildman–Crippen LogP) is 1.86. The van der Waals surface area contributed by atoms with Gasteiger partial charge in [-0.15, -0.1) is 5.10 Å². The van der Waals surface area contributed by atoms with Gasteiger partial charge in [0, 0.05) is 10.7 Å². The van der Waals surface area contributed by atoms with Crippen molar-refractivity contribution in [2.75, 3.05) is 17.7 Å². The molecule has 7 nitrogen and oxygen atoms in total. The van der Waals surface area contributed by atoms with Crippen LogP contribution in [0.15, 0.2) is 24.3 Å². The van der Waals surface area contributed by atoms with Gasteiger partial charge in [0.1, 0.15) is 6.42 Å². The Bertz CT molecular complexity index is 686. The zero-order chi connectivity index (χ0) is 16.1. The number of halogens is 1. The standard InChI is InChI=1S/C13H14ClN5O2S/c1-2-21-11(20)7-10-17-12(15)19(18-10)13(22)16-9-5-3-8(14)4-6-9/h3-6H,2,7H2,1H3,(H,16,22)(H2,15,17,18). The number of nitrogens with one attached hydrogen (secondary N) is 1. The van der Waals surface area contributed by atoms with Crippen molar-refractivity contribution in [2.24, 2.45) is 0 Å². The molecule has 2 aromatic rings. The molecule has 9 heteroatoms. The van der Waals surface area contributed by atoms with Crippen LogP contribution < -0.4 is 11.1 Å². The fourth-order valence-corrected chi connectivity index (χ4v) is 2.02. The number of hydrogen-bond donors (Lipinski definition) is 2. The normalized spacial score (nSPS) is 10.3.